The first-order chi connectivity index (χ1) is 17.3. The van der Waals surface area contributed by atoms with Gasteiger partial charge < -0.3 is 39.2 Å². The van der Waals surface area contributed by atoms with Crippen LogP contribution >= 0.6 is 11.6 Å². The van der Waals surface area contributed by atoms with Crippen LogP contribution < -0.4 is 0 Å². The highest BCUT2D eigenvalue weighted by Gasteiger charge is 2.44. The first-order valence-corrected chi connectivity index (χ1v) is 12.2. The van der Waals surface area contributed by atoms with Gasteiger partial charge >= 0.3 is 6.16 Å². The maximum Gasteiger partial charge on any atom is 0.508 e. The number of aliphatic hydroxyl groups excluding tert-OH is 4. The summed E-state index contributed by atoms with van der Waals surface area (Å²) < 4.78 is 17.2. The van der Waals surface area contributed by atoms with Crippen LogP contribution in [-0.4, -0.2) is 75.4 Å². The van der Waals surface area contributed by atoms with Crippen LogP contribution in [0.3, 0.4) is 0 Å². The zero-order chi connectivity index (χ0) is 25.8. The van der Waals surface area contributed by atoms with Crippen LogP contribution in [0.15, 0.2) is 48.7 Å². The molecule has 1 aliphatic heterocycles. The van der Waals surface area contributed by atoms with Gasteiger partial charge in [0.25, 0.3) is 0 Å². The first-order valence-electron chi connectivity index (χ1n) is 11.8. The SMILES string of the molecule is CCOC(=O)OCCc1ccc(Cc2cn([C@@H]3O[C@H](CO)[C@@H](O)[C@H](O)[C@H]3O)c3cccc(Cl)c23)cc1. The number of carbonyl (C=O) groups excluding carboxylic acids is 1. The third-order valence-electron chi connectivity index (χ3n) is 6.32. The molecule has 0 amide bonds. The summed E-state index contributed by atoms with van der Waals surface area (Å²) >= 11 is 6.56. The number of ether oxygens (including phenoxy) is 3. The molecule has 1 fully saturated rings. The largest absolute Gasteiger partial charge is 0.508 e. The number of carbonyl (C=O) groups is 1. The Hall–Kier alpha value is -2.66. The Morgan fingerprint density at radius 2 is 1.75 bits per heavy atom. The minimum absolute atomic E-state index is 0.223. The maximum absolute atomic E-state index is 11.3. The molecule has 4 N–H and O–H groups in total. The molecule has 1 aliphatic rings. The molecule has 3 aromatic rings. The summed E-state index contributed by atoms with van der Waals surface area (Å²) in [6.45, 7) is 1.70. The van der Waals surface area contributed by atoms with E-state index < -0.39 is 43.4 Å². The third kappa shape index (κ3) is 5.51. The lowest BCUT2D eigenvalue weighted by Gasteiger charge is -2.40. The lowest BCUT2D eigenvalue weighted by atomic mass is 9.98. The zero-order valence-electron chi connectivity index (χ0n) is 19.8. The van der Waals surface area contributed by atoms with Crippen molar-refractivity contribution in [2.45, 2.75) is 50.4 Å². The number of benzene rings is 2. The monoisotopic (exact) mass is 519 g/mol. The van der Waals surface area contributed by atoms with Crippen LogP contribution in [0.5, 0.6) is 0 Å². The van der Waals surface area contributed by atoms with Crippen molar-refractivity contribution in [2.75, 3.05) is 19.8 Å². The van der Waals surface area contributed by atoms with Crippen LogP contribution in [0.2, 0.25) is 5.02 Å². The summed E-state index contributed by atoms with van der Waals surface area (Å²) in [5.41, 5.74) is 3.59. The second-order valence-electron chi connectivity index (χ2n) is 8.69. The van der Waals surface area contributed by atoms with Crippen molar-refractivity contribution in [2.24, 2.45) is 0 Å². The predicted octanol–water partition coefficient (Wildman–Crippen LogP) is 2.57. The minimum atomic E-state index is -1.48. The lowest BCUT2D eigenvalue weighted by Crippen LogP contribution is -2.56. The third-order valence-corrected chi connectivity index (χ3v) is 6.63. The van der Waals surface area contributed by atoms with Crippen LogP contribution in [0.1, 0.15) is 29.8 Å². The molecule has 194 valence electrons. The van der Waals surface area contributed by atoms with Gasteiger partial charge in [0.15, 0.2) is 6.23 Å². The van der Waals surface area contributed by atoms with Crippen molar-refractivity contribution >= 4 is 28.7 Å². The van der Waals surface area contributed by atoms with Crippen molar-refractivity contribution in [3.8, 4) is 0 Å². The Balaban J connectivity index is 1.56. The quantitative estimate of drug-likeness (QED) is 0.334. The Bertz CT molecular complexity index is 1180. The molecule has 5 atom stereocenters. The highest BCUT2D eigenvalue weighted by atomic mass is 35.5. The van der Waals surface area contributed by atoms with Crippen molar-refractivity contribution in [1.82, 2.24) is 4.57 Å². The van der Waals surface area contributed by atoms with E-state index in [1.165, 1.54) is 0 Å². The van der Waals surface area contributed by atoms with Gasteiger partial charge in [0.1, 0.15) is 24.4 Å². The molecule has 0 bridgehead atoms. The zero-order valence-corrected chi connectivity index (χ0v) is 20.5. The smallest absolute Gasteiger partial charge is 0.435 e. The van der Waals surface area contributed by atoms with E-state index in [4.69, 9.17) is 25.8 Å². The number of hydrogen-bond donors (Lipinski definition) is 4. The molecule has 0 radical (unpaired) electrons. The van der Waals surface area contributed by atoms with E-state index in [-0.39, 0.29) is 13.2 Å². The average molecular weight is 520 g/mol. The average Bonchev–Trinajstić information content (AvgIpc) is 3.23. The fourth-order valence-corrected chi connectivity index (χ4v) is 4.75. The molecule has 0 unspecified atom stereocenters. The second kappa shape index (κ2) is 11.6. The van der Waals surface area contributed by atoms with E-state index in [2.05, 4.69) is 0 Å². The minimum Gasteiger partial charge on any atom is -0.435 e. The van der Waals surface area contributed by atoms with Crippen molar-refractivity contribution in [3.05, 3.63) is 70.4 Å². The number of aliphatic hydroxyl groups is 4. The fourth-order valence-electron chi connectivity index (χ4n) is 4.46. The number of fused-ring (bicyclic) bond motifs is 1. The van der Waals surface area contributed by atoms with E-state index in [9.17, 15) is 25.2 Å². The highest BCUT2D eigenvalue weighted by Crippen LogP contribution is 2.36. The van der Waals surface area contributed by atoms with Gasteiger partial charge in [0, 0.05) is 18.0 Å². The van der Waals surface area contributed by atoms with Gasteiger partial charge in [-0.05, 0) is 42.2 Å². The molecule has 2 aromatic carbocycles. The van der Waals surface area contributed by atoms with Gasteiger partial charge in [-0.2, -0.15) is 0 Å². The first kappa shape index (κ1) is 26.4. The van der Waals surface area contributed by atoms with Gasteiger partial charge in [0.05, 0.1) is 30.4 Å². The van der Waals surface area contributed by atoms with E-state index in [0.29, 0.717) is 23.4 Å². The van der Waals surface area contributed by atoms with Gasteiger partial charge in [-0.25, -0.2) is 4.79 Å². The summed E-state index contributed by atoms with van der Waals surface area (Å²) in [4.78, 5) is 11.3. The molecule has 0 aliphatic carbocycles. The molecule has 9 nitrogen and oxygen atoms in total. The number of halogens is 1. The van der Waals surface area contributed by atoms with Crippen LogP contribution in [-0.2, 0) is 27.1 Å². The van der Waals surface area contributed by atoms with E-state index in [0.717, 1.165) is 22.1 Å². The van der Waals surface area contributed by atoms with Gasteiger partial charge in [-0.1, -0.05) is 41.9 Å². The molecule has 10 heteroatoms. The van der Waals surface area contributed by atoms with Crippen molar-refractivity contribution < 1.29 is 39.4 Å². The summed E-state index contributed by atoms with van der Waals surface area (Å²) in [5.74, 6) is 0. The second-order valence-corrected chi connectivity index (χ2v) is 9.10. The normalized spacial score (nSPS) is 24.1. The number of hydrogen-bond acceptors (Lipinski definition) is 8. The Morgan fingerprint density at radius 3 is 2.44 bits per heavy atom. The molecule has 0 saturated carbocycles. The number of nitrogens with zero attached hydrogens (tertiary/aromatic N) is 1. The summed E-state index contributed by atoms with van der Waals surface area (Å²) in [6, 6.07) is 13.3. The van der Waals surface area contributed by atoms with E-state index >= 15 is 0 Å². The molecule has 36 heavy (non-hydrogen) atoms. The van der Waals surface area contributed by atoms with Gasteiger partial charge in [-0.15, -0.1) is 0 Å². The molecular formula is C26H30ClNO8. The van der Waals surface area contributed by atoms with Gasteiger partial charge in [0.2, 0.25) is 0 Å². The number of aromatic nitrogens is 1. The molecule has 1 saturated heterocycles. The molecule has 0 spiro atoms. The summed E-state index contributed by atoms with van der Waals surface area (Å²) in [5, 5.41) is 42.0. The Morgan fingerprint density at radius 1 is 1.03 bits per heavy atom. The van der Waals surface area contributed by atoms with Gasteiger partial charge in [-0.3, -0.25) is 0 Å². The van der Waals surface area contributed by atoms with Crippen LogP contribution in [0.25, 0.3) is 10.9 Å². The summed E-state index contributed by atoms with van der Waals surface area (Å²) in [7, 11) is 0. The van der Waals surface area contributed by atoms with Crippen molar-refractivity contribution in [3.63, 3.8) is 0 Å². The highest BCUT2D eigenvalue weighted by molar-refractivity contribution is 6.35. The maximum atomic E-state index is 11.3. The van der Waals surface area contributed by atoms with Crippen molar-refractivity contribution in [1.29, 1.82) is 0 Å². The van der Waals surface area contributed by atoms with Crippen LogP contribution in [0, 0.1) is 0 Å². The standard InChI is InChI=1S/C26H30ClNO8/c1-2-34-26(33)35-11-10-15-6-8-16(9-7-15)12-17-13-28(19-5-3-4-18(27)21(17)19)25-24(32)23(31)22(30)20(14-29)36-25/h3-9,13,20,22-25,29-32H,2,10-12,14H2,1H3/t20-,22-,23+,24-,25-/m1/s1. The molecule has 2 heterocycles. The Labute approximate surface area is 213 Å². The lowest BCUT2D eigenvalue weighted by molar-refractivity contribution is -0.250. The predicted molar refractivity (Wildman–Crippen MR) is 132 cm³/mol. The Kier molecular flexibility index (Phi) is 8.50. The molecule has 1 aromatic heterocycles. The topological polar surface area (TPSA) is 131 Å². The van der Waals surface area contributed by atoms with E-state index in [1.54, 1.807) is 23.6 Å². The fraction of sp³-hybridized carbons (Fsp3) is 0.423. The van der Waals surface area contributed by atoms with E-state index in [1.807, 2.05) is 36.5 Å². The summed E-state index contributed by atoms with van der Waals surface area (Å²) in [6.07, 6.45) is -4.17. The number of rotatable bonds is 8. The van der Waals surface area contributed by atoms with Crippen LogP contribution in [0.4, 0.5) is 4.79 Å². The molecular weight excluding hydrogens is 490 g/mol. The molecule has 4 rings (SSSR count).